The second-order valence-electron chi connectivity index (χ2n) is 7.28. The molecule has 2 aromatic carbocycles. The van der Waals surface area contributed by atoms with Crippen molar-refractivity contribution in [2.45, 2.75) is 23.7 Å². The van der Waals surface area contributed by atoms with Crippen molar-refractivity contribution in [3.05, 3.63) is 59.9 Å². The van der Waals surface area contributed by atoms with Crippen LogP contribution >= 0.6 is 0 Å². The minimum atomic E-state index is -3.68. The molecular formula is C22H22N4O3S. The fraction of sp³-hybridized carbons (Fsp3) is 0.273. The summed E-state index contributed by atoms with van der Waals surface area (Å²) in [5.74, 6) is 3.16. The number of aromatic nitrogens is 2. The number of piperidine rings is 1. The SMILES string of the molecule is C#CCNS(=O)(=O)c1ccc(C(=O)N2CCC[C@@H](c3nc4ccccc4[nH]3)C2)cc1. The number of fused-ring (bicyclic) bond motifs is 1. The predicted molar refractivity (Wildman–Crippen MR) is 114 cm³/mol. The number of hydrogen-bond acceptors (Lipinski definition) is 4. The molecule has 1 saturated heterocycles. The second kappa shape index (κ2) is 8.30. The van der Waals surface area contributed by atoms with Gasteiger partial charge in [-0.1, -0.05) is 18.1 Å². The van der Waals surface area contributed by atoms with Gasteiger partial charge < -0.3 is 9.88 Å². The van der Waals surface area contributed by atoms with Crippen LogP contribution in [0.4, 0.5) is 0 Å². The molecule has 1 aliphatic heterocycles. The maximum atomic E-state index is 13.0. The molecule has 3 aromatic rings. The summed E-state index contributed by atoms with van der Waals surface area (Å²) in [7, 11) is -3.68. The van der Waals surface area contributed by atoms with E-state index in [-0.39, 0.29) is 23.3 Å². The largest absolute Gasteiger partial charge is 0.342 e. The first-order chi connectivity index (χ1) is 14.5. The zero-order valence-electron chi connectivity index (χ0n) is 16.3. The molecule has 1 fully saturated rings. The predicted octanol–water partition coefficient (Wildman–Crippen LogP) is 2.49. The summed E-state index contributed by atoms with van der Waals surface area (Å²) < 4.78 is 26.6. The Balaban J connectivity index is 1.48. The third-order valence-corrected chi connectivity index (χ3v) is 6.70. The zero-order valence-corrected chi connectivity index (χ0v) is 17.2. The monoisotopic (exact) mass is 422 g/mol. The Hall–Kier alpha value is -3.15. The average molecular weight is 423 g/mol. The van der Waals surface area contributed by atoms with Crippen molar-refractivity contribution in [1.82, 2.24) is 19.6 Å². The molecule has 1 atom stereocenters. The van der Waals surface area contributed by atoms with Crippen molar-refractivity contribution >= 4 is 27.0 Å². The van der Waals surface area contributed by atoms with Crippen LogP contribution in [-0.4, -0.2) is 48.8 Å². The number of imidazole rings is 1. The number of amides is 1. The summed E-state index contributed by atoms with van der Waals surface area (Å²) in [6.07, 6.45) is 6.95. The van der Waals surface area contributed by atoms with Crippen molar-refractivity contribution in [2.24, 2.45) is 0 Å². The molecule has 30 heavy (non-hydrogen) atoms. The van der Waals surface area contributed by atoms with Gasteiger partial charge in [0, 0.05) is 24.6 Å². The maximum absolute atomic E-state index is 13.0. The molecule has 1 aliphatic rings. The highest BCUT2D eigenvalue weighted by atomic mass is 32.2. The van der Waals surface area contributed by atoms with Gasteiger partial charge in [-0.15, -0.1) is 6.42 Å². The lowest BCUT2D eigenvalue weighted by Crippen LogP contribution is -2.39. The molecule has 0 saturated carbocycles. The van der Waals surface area contributed by atoms with Gasteiger partial charge in [-0.25, -0.2) is 13.4 Å². The van der Waals surface area contributed by atoms with E-state index in [4.69, 9.17) is 6.42 Å². The van der Waals surface area contributed by atoms with Gasteiger partial charge in [-0.2, -0.15) is 4.72 Å². The molecule has 0 unspecified atom stereocenters. The lowest BCUT2D eigenvalue weighted by Gasteiger charge is -2.32. The minimum absolute atomic E-state index is 0.0769. The number of aromatic amines is 1. The van der Waals surface area contributed by atoms with Gasteiger partial charge in [0.15, 0.2) is 0 Å². The van der Waals surface area contributed by atoms with Gasteiger partial charge in [-0.3, -0.25) is 4.79 Å². The van der Waals surface area contributed by atoms with Crippen LogP contribution in [0.25, 0.3) is 11.0 Å². The summed E-state index contributed by atoms with van der Waals surface area (Å²) in [6, 6.07) is 13.8. The third-order valence-electron chi connectivity index (χ3n) is 5.28. The van der Waals surface area contributed by atoms with E-state index in [1.165, 1.54) is 24.3 Å². The molecule has 2 N–H and O–H groups in total. The molecule has 1 amide bonds. The first-order valence-corrected chi connectivity index (χ1v) is 11.2. The lowest BCUT2D eigenvalue weighted by atomic mass is 9.96. The van der Waals surface area contributed by atoms with E-state index in [0.717, 1.165) is 29.7 Å². The fourth-order valence-electron chi connectivity index (χ4n) is 3.73. The van der Waals surface area contributed by atoms with Gasteiger partial charge in [-0.05, 0) is 49.2 Å². The van der Waals surface area contributed by atoms with Gasteiger partial charge in [0.05, 0.1) is 22.5 Å². The van der Waals surface area contributed by atoms with Crippen LogP contribution in [-0.2, 0) is 10.0 Å². The van der Waals surface area contributed by atoms with E-state index in [0.29, 0.717) is 18.7 Å². The summed E-state index contributed by atoms with van der Waals surface area (Å²) in [5.41, 5.74) is 2.37. The highest BCUT2D eigenvalue weighted by molar-refractivity contribution is 7.89. The topological polar surface area (TPSA) is 95.2 Å². The number of nitrogens with one attached hydrogen (secondary N) is 2. The first-order valence-electron chi connectivity index (χ1n) is 9.75. The molecule has 1 aromatic heterocycles. The summed E-state index contributed by atoms with van der Waals surface area (Å²) >= 11 is 0. The quantitative estimate of drug-likeness (QED) is 0.618. The Kier molecular flexibility index (Phi) is 5.57. The van der Waals surface area contributed by atoms with Crippen LogP contribution < -0.4 is 4.72 Å². The van der Waals surface area contributed by atoms with Gasteiger partial charge in [0.25, 0.3) is 5.91 Å². The Labute approximate surface area is 175 Å². The van der Waals surface area contributed by atoms with E-state index in [1.807, 2.05) is 24.3 Å². The van der Waals surface area contributed by atoms with Crippen LogP contribution in [0.1, 0.15) is 34.9 Å². The number of carbonyl (C=O) groups excluding carboxylic acids is 1. The number of hydrogen-bond donors (Lipinski definition) is 2. The number of para-hydroxylation sites is 2. The Morgan fingerprint density at radius 1 is 1.23 bits per heavy atom. The molecule has 0 aliphatic carbocycles. The normalized spacial score (nSPS) is 17.0. The number of H-pyrrole nitrogens is 1. The molecule has 0 bridgehead atoms. The smallest absolute Gasteiger partial charge is 0.253 e. The number of benzene rings is 2. The van der Waals surface area contributed by atoms with Gasteiger partial charge in [0.1, 0.15) is 5.82 Å². The summed E-state index contributed by atoms with van der Waals surface area (Å²) in [4.78, 5) is 22.9. The number of sulfonamides is 1. The Morgan fingerprint density at radius 2 is 2.00 bits per heavy atom. The highest BCUT2D eigenvalue weighted by Crippen LogP contribution is 2.27. The molecule has 0 spiro atoms. The minimum Gasteiger partial charge on any atom is -0.342 e. The fourth-order valence-corrected chi connectivity index (χ4v) is 4.66. The average Bonchev–Trinajstić information content (AvgIpc) is 3.22. The van der Waals surface area contributed by atoms with Crippen LogP contribution in [0.15, 0.2) is 53.4 Å². The van der Waals surface area contributed by atoms with Crippen LogP contribution in [0, 0.1) is 12.3 Å². The van der Waals surface area contributed by atoms with E-state index >= 15 is 0 Å². The number of rotatable bonds is 5. The third kappa shape index (κ3) is 4.08. The van der Waals surface area contributed by atoms with Crippen molar-refractivity contribution < 1.29 is 13.2 Å². The van der Waals surface area contributed by atoms with Crippen LogP contribution in [0.3, 0.4) is 0 Å². The number of likely N-dealkylation sites (tertiary alicyclic amines) is 1. The first kappa shape index (κ1) is 20.1. The maximum Gasteiger partial charge on any atom is 0.253 e. The van der Waals surface area contributed by atoms with Gasteiger partial charge in [0.2, 0.25) is 10.0 Å². The second-order valence-corrected chi connectivity index (χ2v) is 9.05. The summed E-state index contributed by atoms with van der Waals surface area (Å²) in [5, 5.41) is 0. The highest BCUT2D eigenvalue weighted by Gasteiger charge is 2.27. The van der Waals surface area contributed by atoms with Crippen LogP contribution in [0.2, 0.25) is 0 Å². The van der Waals surface area contributed by atoms with Gasteiger partial charge >= 0.3 is 0 Å². The molecule has 4 rings (SSSR count). The molecule has 2 heterocycles. The summed E-state index contributed by atoms with van der Waals surface area (Å²) in [6.45, 7) is 1.15. The van der Waals surface area contributed by atoms with E-state index < -0.39 is 10.0 Å². The lowest BCUT2D eigenvalue weighted by molar-refractivity contribution is 0.0705. The van der Waals surface area contributed by atoms with Crippen molar-refractivity contribution in [3.63, 3.8) is 0 Å². The molecule has 8 heteroatoms. The molecule has 7 nitrogen and oxygen atoms in total. The van der Waals surface area contributed by atoms with E-state index in [1.54, 1.807) is 4.90 Å². The van der Waals surface area contributed by atoms with E-state index in [9.17, 15) is 13.2 Å². The zero-order chi connectivity index (χ0) is 21.1. The number of nitrogens with zero attached hydrogens (tertiary/aromatic N) is 2. The standard InChI is InChI=1S/C22H22N4O3S/c1-2-13-23-30(28,29)18-11-9-16(10-12-18)22(27)26-14-5-6-17(15-26)21-24-19-7-3-4-8-20(19)25-21/h1,3-4,7-12,17,23H,5-6,13-15H2,(H,24,25)/t17-/m1/s1. The number of terminal acetylenes is 1. The van der Waals surface area contributed by atoms with Crippen LogP contribution in [0.5, 0.6) is 0 Å². The van der Waals surface area contributed by atoms with Crippen molar-refractivity contribution in [2.75, 3.05) is 19.6 Å². The molecule has 0 radical (unpaired) electrons. The molecule has 154 valence electrons. The number of carbonyl (C=O) groups is 1. The van der Waals surface area contributed by atoms with Crippen molar-refractivity contribution in [1.29, 1.82) is 0 Å². The van der Waals surface area contributed by atoms with E-state index in [2.05, 4.69) is 20.6 Å². The Morgan fingerprint density at radius 3 is 2.73 bits per heavy atom. The Bertz CT molecular complexity index is 1180. The molecular weight excluding hydrogens is 400 g/mol. The van der Waals surface area contributed by atoms with Crippen molar-refractivity contribution in [3.8, 4) is 12.3 Å².